The number of rotatable bonds is 5. The van der Waals surface area contributed by atoms with Crippen LogP contribution in [0.5, 0.6) is 0 Å². The van der Waals surface area contributed by atoms with Crippen molar-refractivity contribution in [3.05, 3.63) is 51.7 Å². The van der Waals surface area contributed by atoms with Gasteiger partial charge in [0.1, 0.15) is 6.54 Å². The van der Waals surface area contributed by atoms with E-state index in [4.69, 9.17) is 16.7 Å². The summed E-state index contributed by atoms with van der Waals surface area (Å²) >= 11 is 7.47. The van der Waals surface area contributed by atoms with E-state index in [9.17, 15) is 4.79 Å². The van der Waals surface area contributed by atoms with E-state index in [2.05, 4.69) is 0 Å². The highest BCUT2D eigenvalue weighted by atomic mass is 35.5. The molecule has 0 aliphatic heterocycles. The van der Waals surface area contributed by atoms with Crippen molar-refractivity contribution < 1.29 is 9.90 Å². The second-order valence-electron chi connectivity index (χ2n) is 4.23. The summed E-state index contributed by atoms with van der Waals surface area (Å²) in [6, 6.07) is 9.24. The van der Waals surface area contributed by atoms with E-state index in [1.165, 1.54) is 0 Å². The highest BCUT2D eigenvalue weighted by Gasteiger charge is 2.19. The molecule has 1 atom stereocenters. The maximum atomic E-state index is 11.1. The van der Waals surface area contributed by atoms with Crippen LogP contribution in [0.3, 0.4) is 0 Å². The summed E-state index contributed by atoms with van der Waals surface area (Å²) in [6.07, 6.45) is 0. The fourth-order valence-corrected chi connectivity index (χ4v) is 2.80. The van der Waals surface area contributed by atoms with Gasteiger partial charge in [0.05, 0.1) is 6.04 Å². The Morgan fingerprint density at radius 1 is 1.37 bits per heavy atom. The minimum absolute atomic E-state index is 0.00326. The summed E-state index contributed by atoms with van der Waals surface area (Å²) in [5.41, 5.74) is 1.96. The van der Waals surface area contributed by atoms with Gasteiger partial charge in [0.15, 0.2) is 0 Å². The molecule has 1 aromatic carbocycles. The maximum absolute atomic E-state index is 11.1. The lowest BCUT2D eigenvalue weighted by molar-refractivity contribution is -0.135. The third-order valence-corrected chi connectivity index (χ3v) is 3.91. The number of hydrogen-bond donors (Lipinski definition) is 1. The average molecular weight is 296 g/mol. The number of anilines is 1. The van der Waals surface area contributed by atoms with Crippen LogP contribution in [0.15, 0.2) is 41.1 Å². The molecule has 1 heterocycles. The molecule has 3 nitrogen and oxygen atoms in total. The predicted molar refractivity (Wildman–Crippen MR) is 79.2 cm³/mol. The van der Waals surface area contributed by atoms with Crippen molar-refractivity contribution in [2.24, 2.45) is 0 Å². The number of thiophene rings is 1. The van der Waals surface area contributed by atoms with Crippen molar-refractivity contribution in [1.82, 2.24) is 0 Å². The van der Waals surface area contributed by atoms with E-state index in [1.54, 1.807) is 23.5 Å². The monoisotopic (exact) mass is 295 g/mol. The summed E-state index contributed by atoms with van der Waals surface area (Å²) in [5, 5.41) is 13.8. The summed E-state index contributed by atoms with van der Waals surface area (Å²) in [5.74, 6) is -0.850. The third kappa shape index (κ3) is 3.49. The van der Waals surface area contributed by atoms with Crippen LogP contribution in [0.2, 0.25) is 5.02 Å². The van der Waals surface area contributed by atoms with Crippen molar-refractivity contribution in [3.8, 4) is 0 Å². The zero-order valence-corrected chi connectivity index (χ0v) is 12.0. The Labute approximate surface area is 121 Å². The first-order chi connectivity index (χ1) is 9.08. The lowest BCUT2D eigenvalue weighted by Gasteiger charge is -2.29. The molecule has 0 fully saturated rings. The van der Waals surface area contributed by atoms with E-state index < -0.39 is 5.97 Å². The number of benzene rings is 1. The van der Waals surface area contributed by atoms with Crippen LogP contribution in [-0.4, -0.2) is 17.6 Å². The van der Waals surface area contributed by atoms with Crippen molar-refractivity contribution in [1.29, 1.82) is 0 Å². The summed E-state index contributed by atoms with van der Waals surface area (Å²) in [4.78, 5) is 12.9. The SMILES string of the molecule is CC(c1ccsc1)N(CC(=O)O)c1ccc(Cl)cc1. The van der Waals surface area contributed by atoms with Crippen molar-refractivity contribution in [3.63, 3.8) is 0 Å². The maximum Gasteiger partial charge on any atom is 0.323 e. The Morgan fingerprint density at radius 2 is 2.05 bits per heavy atom. The van der Waals surface area contributed by atoms with Crippen molar-refractivity contribution in [2.45, 2.75) is 13.0 Å². The Morgan fingerprint density at radius 3 is 2.58 bits per heavy atom. The Bertz CT molecular complexity index is 539. The van der Waals surface area contributed by atoms with Gasteiger partial charge in [-0.15, -0.1) is 0 Å². The lowest BCUT2D eigenvalue weighted by Crippen LogP contribution is -2.32. The van der Waals surface area contributed by atoms with Crippen LogP contribution in [0, 0.1) is 0 Å². The van der Waals surface area contributed by atoms with Gasteiger partial charge >= 0.3 is 5.97 Å². The first kappa shape index (κ1) is 13.9. The Balaban J connectivity index is 2.30. The number of nitrogens with zero attached hydrogens (tertiary/aromatic N) is 1. The van der Waals surface area contributed by atoms with Crippen LogP contribution in [-0.2, 0) is 4.79 Å². The molecular formula is C14H14ClNO2S. The van der Waals surface area contributed by atoms with Gasteiger partial charge in [0.25, 0.3) is 0 Å². The van der Waals surface area contributed by atoms with Crippen LogP contribution < -0.4 is 4.90 Å². The van der Waals surface area contributed by atoms with E-state index in [0.29, 0.717) is 5.02 Å². The first-order valence-corrected chi connectivity index (χ1v) is 7.16. The van der Waals surface area contributed by atoms with Crippen LogP contribution in [0.4, 0.5) is 5.69 Å². The Kier molecular flexibility index (Phi) is 4.45. The summed E-state index contributed by atoms with van der Waals surface area (Å²) in [6.45, 7) is 1.96. The van der Waals surface area contributed by atoms with Gasteiger partial charge in [0.2, 0.25) is 0 Å². The zero-order chi connectivity index (χ0) is 13.8. The number of carboxylic acid groups (broad SMARTS) is 1. The smallest absolute Gasteiger partial charge is 0.323 e. The van der Waals surface area contributed by atoms with Gasteiger partial charge < -0.3 is 10.0 Å². The van der Waals surface area contributed by atoms with Gasteiger partial charge in [0, 0.05) is 10.7 Å². The molecule has 1 unspecified atom stereocenters. The van der Waals surface area contributed by atoms with E-state index in [0.717, 1.165) is 11.3 Å². The van der Waals surface area contributed by atoms with Crippen molar-refractivity contribution in [2.75, 3.05) is 11.4 Å². The first-order valence-electron chi connectivity index (χ1n) is 5.84. The standard InChI is InChI=1S/C14H14ClNO2S/c1-10(11-6-7-19-9-11)16(8-14(17)18)13-4-2-12(15)3-5-13/h2-7,9-10H,8H2,1H3,(H,17,18). The quantitative estimate of drug-likeness (QED) is 0.904. The minimum atomic E-state index is -0.850. The number of halogens is 1. The lowest BCUT2D eigenvalue weighted by atomic mass is 10.1. The number of carboxylic acids is 1. The molecule has 0 saturated heterocycles. The molecule has 1 N–H and O–H groups in total. The summed E-state index contributed by atoms with van der Waals surface area (Å²) < 4.78 is 0. The van der Waals surface area contributed by atoms with Gasteiger partial charge in [-0.05, 0) is 53.6 Å². The molecule has 0 radical (unpaired) electrons. The molecule has 0 spiro atoms. The highest BCUT2D eigenvalue weighted by Crippen LogP contribution is 2.28. The number of carbonyl (C=O) groups is 1. The number of hydrogen-bond acceptors (Lipinski definition) is 3. The fraction of sp³-hybridized carbons (Fsp3) is 0.214. The molecule has 1 aromatic heterocycles. The molecule has 19 heavy (non-hydrogen) atoms. The summed E-state index contributed by atoms with van der Waals surface area (Å²) in [7, 11) is 0. The normalized spacial score (nSPS) is 12.1. The van der Waals surface area contributed by atoms with E-state index >= 15 is 0 Å². The molecule has 0 aliphatic rings. The van der Waals surface area contributed by atoms with E-state index in [-0.39, 0.29) is 12.6 Å². The molecular weight excluding hydrogens is 282 g/mol. The molecule has 2 aromatic rings. The van der Waals surface area contributed by atoms with Gasteiger partial charge in [-0.3, -0.25) is 4.79 Å². The predicted octanol–water partition coefficient (Wildman–Crippen LogP) is 4.05. The number of aliphatic carboxylic acids is 1. The fourth-order valence-electron chi connectivity index (χ4n) is 1.92. The van der Waals surface area contributed by atoms with Crippen molar-refractivity contribution >= 4 is 34.6 Å². The van der Waals surface area contributed by atoms with Gasteiger partial charge in [-0.25, -0.2) is 0 Å². The molecule has 2 rings (SSSR count). The van der Waals surface area contributed by atoms with Gasteiger partial charge in [-0.2, -0.15) is 11.3 Å². The zero-order valence-electron chi connectivity index (χ0n) is 10.4. The third-order valence-electron chi connectivity index (χ3n) is 2.96. The Hall–Kier alpha value is -1.52. The van der Waals surface area contributed by atoms with Gasteiger partial charge in [-0.1, -0.05) is 11.6 Å². The van der Waals surface area contributed by atoms with Crippen LogP contribution in [0.1, 0.15) is 18.5 Å². The molecule has 0 amide bonds. The van der Waals surface area contributed by atoms with E-state index in [1.807, 2.05) is 40.8 Å². The van der Waals surface area contributed by atoms with Crippen LogP contribution in [0.25, 0.3) is 0 Å². The highest BCUT2D eigenvalue weighted by molar-refractivity contribution is 7.08. The molecule has 0 aliphatic carbocycles. The second-order valence-corrected chi connectivity index (χ2v) is 5.45. The molecule has 0 saturated carbocycles. The second kappa shape index (κ2) is 6.08. The van der Waals surface area contributed by atoms with Crippen LogP contribution >= 0.6 is 22.9 Å². The molecule has 5 heteroatoms. The molecule has 100 valence electrons. The average Bonchev–Trinajstić information content (AvgIpc) is 2.90. The largest absolute Gasteiger partial charge is 0.480 e. The minimum Gasteiger partial charge on any atom is -0.480 e. The topological polar surface area (TPSA) is 40.5 Å². The molecule has 0 bridgehead atoms.